The molecule has 1 aliphatic rings. The van der Waals surface area contributed by atoms with Crippen molar-refractivity contribution in [2.24, 2.45) is 0 Å². The molecule has 164 valence electrons. The minimum Gasteiger partial charge on any atom is -0.465 e. The Morgan fingerprint density at radius 3 is 2.50 bits per heavy atom. The molecule has 0 spiro atoms. The highest BCUT2D eigenvalue weighted by molar-refractivity contribution is 6.05. The van der Waals surface area contributed by atoms with Crippen LogP contribution in [0.1, 0.15) is 40.1 Å². The first-order valence-electron chi connectivity index (χ1n) is 10.8. The smallest absolute Gasteiger partial charge is 0.268 e. The lowest BCUT2D eigenvalue weighted by atomic mass is 10.1. The van der Waals surface area contributed by atoms with Crippen molar-refractivity contribution in [3.05, 3.63) is 95.1 Å². The van der Waals surface area contributed by atoms with Gasteiger partial charge in [-0.2, -0.15) is 0 Å². The Labute approximate surface area is 187 Å². The predicted octanol–water partition coefficient (Wildman–Crippen LogP) is 4.28. The molecule has 0 radical (unpaired) electrons. The zero-order valence-electron chi connectivity index (χ0n) is 18.1. The highest BCUT2D eigenvalue weighted by atomic mass is 16.3. The number of furan rings is 1. The van der Waals surface area contributed by atoms with E-state index >= 15 is 0 Å². The number of hydrogen-bond donors (Lipinski definition) is 2. The van der Waals surface area contributed by atoms with Gasteiger partial charge in [0.25, 0.3) is 11.8 Å². The van der Waals surface area contributed by atoms with Gasteiger partial charge in [0.05, 0.1) is 6.26 Å². The number of nitrogens with one attached hydrogen (secondary N) is 2. The third-order valence-corrected chi connectivity index (χ3v) is 5.46. The maximum atomic E-state index is 12.9. The van der Waals surface area contributed by atoms with Gasteiger partial charge < -0.3 is 20.0 Å². The Bertz CT molecular complexity index is 1100. The fraction of sp³-hybridized carbons (Fsp3) is 0.231. The monoisotopic (exact) mass is 429 g/mol. The van der Waals surface area contributed by atoms with Gasteiger partial charge in [0.1, 0.15) is 11.5 Å². The SMILES string of the molecule is Cc1cccc(C(=O)N/C(=C\c2ccco2)C(=O)NCc2ccc(N3CCCC3)cc2)c1. The van der Waals surface area contributed by atoms with Gasteiger partial charge in [-0.3, -0.25) is 9.59 Å². The van der Waals surface area contributed by atoms with Crippen LogP contribution in [0.3, 0.4) is 0 Å². The van der Waals surface area contributed by atoms with E-state index in [-0.39, 0.29) is 17.5 Å². The van der Waals surface area contributed by atoms with Gasteiger partial charge >= 0.3 is 0 Å². The average Bonchev–Trinajstić information content (AvgIpc) is 3.52. The number of nitrogens with zero attached hydrogens (tertiary/aromatic N) is 1. The van der Waals surface area contributed by atoms with Crippen LogP contribution in [0.2, 0.25) is 0 Å². The molecule has 6 heteroatoms. The van der Waals surface area contributed by atoms with E-state index in [0.29, 0.717) is 17.9 Å². The van der Waals surface area contributed by atoms with Crippen LogP contribution in [0.25, 0.3) is 6.08 Å². The summed E-state index contributed by atoms with van der Waals surface area (Å²) in [7, 11) is 0. The molecule has 4 rings (SSSR count). The van der Waals surface area contributed by atoms with Crippen molar-refractivity contribution in [1.82, 2.24) is 10.6 Å². The lowest BCUT2D eigenvalue weighted by Gasteiger charge is -2.18. The van der Waals surface area contributed by atoms with Crippen LogP contribution in [-0.4, -0.2) is 24.9 Å². The molecule has 0 unspecified atom stereocenters. The summed E-state index contributed by atoms with van der Waals surface area (Å²) in [5.74, 6) is -0.252. The maximum Gasteiger partial charge on any atom is 0.268 e. The van der Waals surface area contributed by atoms with E-state index in [1.54, 1.807) is 24.3 Å². The third-order valence-electron chi connectivity index (χ3n) is 5.46. The van der Waals surface area contributed by atoms with Crippen molar-refractivity contribution in [2.45, 2.75) is 26.3 Å². The Morgan fingerprint density at radius 2 is 1.81 bits per heavy atom. The molecule has 1 fully saturated rings. The fourth-order valence-electron chi connectivity index (χ4n) is 3.73. The summed E-state index contributed by atoms with van der Waals surface area (Å²) in [6.45, 7) is 4.46. The summed E-state index contributed by atoms with van der Waals surface area (Å²) in [5.41, 5.74) is 3.78. The highest BCUT2D eigenvalue weighted by Gasteiger charge is 2.16. The van der Waals surface area contributed by atoms with Crippen LogP contribution >= 0.6 is 0 Å². The first kappa shape index (κ1) is 21.4. The topological polar surface area (TPSA) is 74.6 Å². The molecular weight excluding hydrogens is 402 g/mol. The van der Waals surface area contributed by atoms with E-state index in [1.165, 1.54) is 30.9 Å². The van der Waals surface area contributed by atoms with Gasteiger partial charge in [-0.25, -0.2) is 0 Å². The number of amides is 2. The standard InChI is InChI=1S/C26H27N3O3/c1-19-6-4-7-21(16-19)25(30)28-24(17-23-8-5-15-32-23)26(31)27-18-20-9-11-22(12-10-20)29-13-2-3-14-29/h4-12,15-17H,2-3,13-14,18H2,1H3,(H,27,31)(H,28,30)/b24-17-. The molecular formula is C26H27N3O3. The number of benzene rings is 2. The molecule has 0 atom stereocenters. The number of hydrogen-bond acceptors (Lipinski definition) is 4. The minimum atomic E-state index is -0.383. The zero-order valence-corrected chi connectivity index (χ0v) is 18.1. The lowest BCUT2D eigenvalue weighted by Crippen LogP contribution is -2.34. The number of carbonyl (C=O) groups is 2. The molecule has 1 saturated heterocycles. The van der Waals surface area contributed by atoms with Gasteiger partial charge in [0.15, 0.2) is 0 Å². The normalized spacial score (nSPS) is 13.8. The van der Waals surface area contributed by atoms with E-state index < -0.39 is 0 Å². The molecule has 6 nitrogen and oxygen atoms in total. The van der Waals surface area contributed by atoms with E-state index in [1.807, 2.05) is 31.2 Å². The quantitative estimate of drug-likeness (QED) is 0.550. The largest absolute Gasteiger partial charge is 0.465 e. The van der Waals surface area contributed by atoms with Crippen LogP contribution in [-0.2, 0) is 11.3 Å². The number of aryl methyl sites for hydroxylation is 1. The molecule has 1 aromatic heterocycles. The predicted molar refractivity (Wildman–Crippen MR) is 125 cm³/mol. The second-order valence-corrected chi connectivity index (χ2v) is 7.94. The Balaban J connectivity index is 1.43. The molecule has 2 amide bonds. The number of carbonyl (C=O) groups excluding carboxylic acids is 2. The van der Waals surface area contributed by atoms with E-state index in [0.717, 1.165) is 24.2 Å². The van der Waals surface area contributed by atoms with Crippen LogP contribution in [0.15, 0.2) is 77.0 Å². The van der Waals surface area contributed by atoms with E-state index in [4.69, 9.17) is 4.42 Å². The lowest BCUT2D eigenvalue weighted by molar-refractivity contribution is -0.117. The van der Waals surface area contributed by atoms with Crippen LogP contribution in [0.4, 0.5) is 5.69 Å². The molecule has 2 heterocycles. The molecule has 32 heavy (non-hydrogen) atoms. The van der Waals surface area contributed by atoms with Crippen LogP contribution in [0, 0.1) is 6.92 Å². The van der Waals surface area contributed by atoms with Crippen molar-refractivity contribution in [3.63, 3.8) is 0 Å². The molecule has 1 aliphatic heterocycles. The number of rotatable bonds is 7. The van der Waals surface area contributed by atoms with Gasteiger partial charge in [-0.1, -0.05) is 29.8 Å². The number of anilines is 1. The molecule has 0 aliphatic carbocycles. The molecule has 0 saturated carbocycles. The molecule has 2 aromatic carbocycles. The minimum absolute atomic E-state index is 0.125. The Morgan fingerprint density at radius 1 is 1.03 bits per heavy atom. The van der Waals surface area contributed by atoms with Crippen molar-refractivity contribution in [2.75, 3.05) is 18.0 Å². The average molecular weight is 430 g/mol. The highest BCUT2D eigenvalue weighted by Crippen LogP contribution is 2.20. The fourth-order valence-corrected chi connectivity index (χ4v) is 3.73. The summed E-state index contributed by atoms with van der Waals surface area (Å²) in [5, 5.41) is 5.62. The Hall–Kier alpha value is -3.80. The van der Waals surface area contributed by atoms with Gasteiger partial charge in [-0.15, -0.1) is 0 Å². The van der Waals surface area contributed by atoms with E-state index in [9.17, 15) is 9.59 Å². The summed E-state index contributed by atoms with van der Waals surface area (Å²) in [6, 6.07) is 18.9. The van der Waals surface area contributed by atoms with E-state index in [2.05, 4.69) is 27.7 Å². The third kappa shape index (κ3) is 5.46. The van der Waals surface area contributed by atoms with Crippen LogP contribution in [0.5, 0.6) is 0 Å². The second kappa shape index (κ2) is 10.0. The summed E-state index contributed by atoms with van der Waals surface area (Å²) >= 11 is 0. The van der Waals surface area contributed by atoms with Crippen molar-refractivity contribution >= 4 is 23.6 Å². The summed E-state index contributed by atoms with van der Waals surface area (Å²) in [4.78, 5) is 28.0. The van der Waals surface area contributed by atoms with Gasteiger partial charge in [-0.05, 0) is 61.7 Å². The Kier molecular flexibility index (Phi) is 6.70. The van der Waals surface area contributed by atoms with Crippen molar-refractivity contribution in [3.8, 4) is 0 Å². The van der Waals surface area contributed by atoms with Gasteiger partial charge in [0.2, 0.25) is 0 Å². The first-order chi connectivity index (χ1) is 15.6. The van der Waals surface area contributed by atoms with Crippen molar-refractivity contribution in [1.29, 1.82) is 0 Å². The second-order valence-electron chi connectivity index (χ2n) is 7.94. The van der Waals surface area contributed by atoms with Crippen molar-refractivity contribution < 1.29 is 14.0 Å². The first-order valence-corrected chi connectivity index (χ1v) is 10.8. The maximum absolute atomic E-state index is 12.9. The summed E-state index contributed by atoms with van der Waals surface area (Å²) in [6.07, 6.45) is 5.51. The molecule has 0 bridgehead atoms. The zero-order chi connectivity index (χ0) is 22.3. The molecule has 2 N–H and O–H groups in total. The molecule has 3 aromatic rings. The van der Waals surface area contributed by atoms with Gasteiger partial charge in [0, 0.05) is 37.0 Å². The summed E-state index contributed by atoms with van der Waals surface area (Å²) < 4.78 is 5.33. The van der Waals surface area contributed by atoms with Crippen LogP contribution < -0.4 is 15.5 Å².